The summed E-state index contributed by atoms with van der Waals surface area (Å²) >= 11 is 12.2. The van der Waals surface area contributed by atoms with Gasteiger partial charge in [0.15, 0.2) is 11.5 Å². The van der Waals surface area contributed by atoms with E-state index in [9.17, 15) is 4.79 Å². The molecule has 0 radical (unpaired) electrons. The van der Waals surface area contributed by atoms with Crippen LogP contribution < -0.4 is 14.4 Å². The highest BCUT2D eigenvalue weighted by atomic mass is 35.5. The first-order chi connectivity index (χ1) is 17.4. The number of benzene rings is 2. The highest BCUT2D eigenvalue weighted by molar-refractivity contribution is 6.42. The number of hydrogen-bond donors (Lipinski definition) is 0. The summed E-state index contributed by atoms with van der Waals surface area (Å²) in [6.07, 6.45) is 0.591. The van der Waals surface area contributed by atoms with Crippen molar-refractivity contribution in [3.05, 3.63) is 69.3 Å². The summed E-state index contributed by atoms with van der Waals surface area (Å²) in [5.74, 6) is 2.11. The number of nitrogens with zero attached hydrogens (tertiary/aromatic N) is 5. The van der Waals surface area contributed by atoms with Crippen molar-refractivity contribution < 1.29 is 14.3 Å². The lowest BCUT2D eigenvalue weighted by molar-refractivity contribution is 0.0732. The molecule has 0 atom stereocenters. The standard InChI is InChI=1S/C26H27Cl2N5O3/c1-31-11-13-32(14-12-31)26-29-21-9-10-33(25(34)17-7-8-19(27)20(28)15-17)16-18(21)24(30-26)36-23-6-4-3-5-22(23)35-2/h3-8,15H,9-14,16H2,1-2H3. The predicted octanol–water partition coefficient (Wildman–Crippen LogP) is 4.53. The molecule has 10 heteroatoms. The monoisotopic (exact) mass is 527 g/mol. The second-order valence-electron chi connectivity index (χ2n) is 8.90. The summed E-state index contributed by atoms with van der Waals surface area (Å²) < 4.78 is 11.8. The molecule has 2 aliphatic rings. The van der Waals surface area contributed by atoms with Crippen LogP contribution in [0.3, 0.4) is 0 Å². The summed E-state index contributed by atoms with van der Waals surface area (Å²) in [6.45, 7) is 4.40. The molecule has 36 heavy (non-hydrogen) atoms. The van der Waals surface area contributed by atoms with Gasteiger partial charge in [0, 0.05) is 44.7 Å². The van der Waals surface area contributed by atoms with Gasteiger partial charge >= 0.3 is 0 Å². The normalized spacial score (nSPS) is 16.0. The van der Waals surface area contributed by atoms with E-state index in [1.54, 1.807) is 30.2 Å². The number of methoxy groups -OCH3 is 1. The Hall–Kier alpha value is -3.07. The number of ether oxygens (including phenoxy) is 2. The maximum Gasteiger partial charge on any atom is 0.254 e. The molecule has 1 aromatic heterocycles. The van der Waals surface area contributed by atoms with Gasteiger partial charge in [0.25, 0.3) is 5.91 Å². The predicted molar refractivity (Wildman–Crippen MR) is 140 cm³/mol. The number of carbonyl (C=O) groups excluding carboxylic acids is 1. The summed E-state index contributed by atoms with van der Waals surface area (Å²) in [4.78, 5) is 29.3. The lowest BCUT2D eigenvalue weighted by Gasteiger charge is -2.34. The topological polar surface area (TPSA) is 71.0 Å². The van der Waals surface area contributed by atoms with Gasteiger partial charge < -0.3 is 24.2 Å². The Morgan fingerprint density at radius 2 is 1.69 bits per heavy atom. The molecule has 0 bridgehead atoms. The van der Waals surface area contributed by atoms with Crippen molar-refractivity contribution in [3.63, 3.8) is 0 Å². The molecule has 1 fully saturated rings. The van der Waals surface area contributed by atoms with Gasteiger partial charge in [-0.2, -0.15) is 4.98 Å². The fourth-order valence-electron chi connectivity index (χ4n) is 4.40. The molecule has 3 heterocycles. The highest BCUT2D eigenvalue weighted by Gasteiger charge is 2.29. The van der Waals surface area contributed by atoms with Crippen molar-refractivity contribution in [2.45, 2.75) is 13.0 Å². The average Bonchev–Trinajstić information content (AvgIpc) is 2.90. The van der Waals surface area contributed by atoms with E-state index in [0.29, 0.717) is 58.4 Å². The van der Waals surface area contributed by atoms with Crippen LogP contribution in [0.1, 0.15) is 21.6 Å². The first-order valence-corrected chi connectivity index (χ1v) is 12.6. The van der Waals surface area contributed by atoms with Gasteiger partial charge in [0.1, 0.15) is 0 Å². The van der Waals surface area contributed by atoms with E-state index in [2.05, 4.69) is 16.8 Å². The number of anilines is 1. The van der Waals surface area contributed by atoms with Crippen LogP contribution in [-0.4, -0.2) is 72.6 Å². The van der Waals surface area contributed by atoms with Crippen LogP contribution in [0.5, 0.6) is 17.4 Å². The minimum absolute atomic E-state index is 0.134. The van der Waals surface area contributed by atoms with Gasteiger partial charge in [-0.05, 0) is 37.4 Å². The van der Waals surface area contributed by atoms with Gasteiger partial charge in [-0.25, -0.2) is 4.98 Å². The minimum Gasteiger partial charge on any atom is -0.493 e. The van der Waals surface area contributed by atoms with E-state index >= 15 is 0 Å². The Morgan fingerprint density at radius 1 is 0.944 bits per heavy atom. The van der Waals surface area contributed by atoms with Crippen LogP contribution in [0.2, 0.25) is 10.0 Å². The third-order valence-electron chi connectivity index (χ3n) is 6.53. The molecule has 0 unspecified atom stereocenters. The second kappa shape index (κ2) is 10.5. The average molecular weight is 528 g/mol. The molecule has 5 rings (SSSR count). The zero-order chi connectivity index (χ0) is 25.2. The first-order valence-electron chi connectivity index (χ1n) is 11.8. The number of rotatable bonds is 5. The minimum atomic E-state index is -0.134. The zero-order valence-electron chi connectivity index (χ0n) is 20.2. The van der Waals surface area contributed by atoms with E-state index in [4.69, 9.17) is 42.6 Å². The highest BCUT2D eigenvalue weighted by Crippen LogP contribution is 2.36. The van der Waals surface area contributed by atoms with E-state index in [1.165, 1.54) is 0 Å². The Morgan fingerprint density at radius 3 is 2.42 bits per heavy atom. The van der Waals surface area contributed by atoms with Crippen LogP contribution in [0.4, 0.5) is 5.95 Å². The van der Waals surface area contributed by atoms with Crippen LogP contribution in [-0.2, 0) is 13.0 Å². The number of fused-ring (bicyclic) bond motifs is 1. The van der Waals surface area contributed by atoms with Gasteiger partial charge in [-0.15, -0.1) is 0 Å². The molecule has 188 valence electrons. The van der Waals surface area contributed by atoms with Crippen LogP contribution in [0.15, 0.2) is 42.5 Å². The van der Waals surface area contributed by atoms with Crippen molar-refractivity contribution >= 4 is 35.1 Å². The fourth-order valence-corrected chi connectivity index (χ4v) is 4.69. The van der Waals surface area contributed by atoms with E-state index in [0.717, 1.165) is 37.4 Å². The van der Waals surface area contributed by atoms with E-state index in [1.807, 2.05) is 24.3 Å². The smallest absolute Gasteiger partial charge is 0.254 e. The molecule has 8 nitrogen and oxygen atoms in total. The van der Waals surface area contributed by atoms with Gasteiger partial charge in [-0.1, -0.05) is 35.3 Å². The molecule has 1 amide bonds. The number of likely N-dealkylation sites (N-methyl/N-ethyl adjacent to an activating group) is 1. The molecule has 0 spiro atoms. The Bertz CT molecular complexity index is 1280. The molecule has 2 aliphatic heterocycles. The van der Waals surface area contributed by atoms with Crippen molar-refractivity contribution in [1.29, 1.82) is 0 Å². The van der Waals surface area contributed by atoms with Crippen molar-refractivity contribution in [3.8, 4) is 17.4 Å². The quantitative estimate of drug-likeness (QED) is 0.482. The number of para-hydroxylation sites is 2. The van der Waals surface area contributed by atoms with Crippen LogP contribution in [0, 0.1) is 0 Å². The molecule has 0 N–H and O–H groups in total. The molecule has 0 aliphatic carbocycles. The number of carbonyl (C=O) groups is 1. The second-order valence-corrected chi connectivity index (χ2v) is 9.72. The maximum atomic E-state index is 13.3. The van der Waals surface area contributed by atoms with Gasteiger partial charge in [0.2, 0.25) is 11.8 Å². The van der Waals surface area contributed by atoms with Crippen LogP contribution in [0.25, 0.3) is 0 Å². The summed E-state index contributed by atoms with van der Waals surface area (Å²) in [6, 6.07) is 12.4. The lowest BCUT2D eigenvalue weighted by atomic mass is 10.0. The zero-order valence-corrected chi connectivity index (χ0v) is 21.7. The molecular weight excluding hydrogens is 501 g/mol. The first kappa shape index (κ1) is 24.6. The third-order valence-corrected chi connectivity index (χ3v) is 7.27. The Balaban J connectivity index is 1.49. The molecule has 3 aromatic rings. The maximum absolute atomic E-state index is 13.3. The van der Waals surface area contributed by atoms with Crippen molar-refractivity contribution in [1.82, 2.24) is 19.8 Å². The van der Waals surface area contributed by atoms with E-state index in [-0.39, 0.29) is 5.91 Å². The summed E-state index contributed by atoms with van der Waals surface area (Å²) in [7, 11) is 3.71. The third kappa shape index (κ3) is 5.07. The lowest BCUT2D eigenvalue weighted by Crippen LogP contribution is -2.45. The Kier molecular flexibility index (Phi) is 7.18. The van der Waals surface area contributed by atoms with E-state index < -0.39 is 0 Å². The molecule has 2 aromatic carbocycles. The van der Waals surface area contributed by atoms with Gasteiger partial charge in [-0.3, -0.25) is 4.79 Å². The number of amides is 1. The SMILES string of the molecule is COc1ccccc1Oc1nc(N2CCN(C)CC2)nc2c1CN(C(=O)c1ccc(Cl)c(Cl)c1)CC2. The largest absolute Gasteiger partial charge is 0.493 e. The Labute approximate surface area is 220 Å². The van der Waals surface area contributed by atoms with Crippen molar-refractivity contribution in [2.24, 2.45) is 0 Å². The summed E-state index contributed by atoms with van der Waals surface area (Å²) in [5.41, 5.74) is 2.16. The van der Waals surface area contributed by atoms with Crippen LogP contribution >= 0.6 is 23.2 Å². The number of hydrogen-bond acceptors (Lipinski definition) is 7. The number of aromatic nitrogens is 2. The van der Waals surface area contributed by atoms with Crippen molar-refractivity contribution in [2.75, 3.05) is 51.8 Å². The number of halogens is 2. The molecule has 1 saturated heterocycles. The molecular formula is C26H27Cl2N5O3. The summed E-state index contributed by atoms with van der Waals surface area (Å²) in [5, 5.41) is 0.759. The number of piperazine rings is 1. The molecule has 0 saturated carbocycles. The fraction of sp³-hybridized carbons (Fsp3) is 0.346. The van der Waals surface area contributed by atoms with Gasteiger partial charge in [0.05, 0.1) is 35.0 Å².